The maximum atomic E-state index is 16.8. The summed E-state index contributed by atoms with van der Waals surface area (Å²) in [5, 5.41) is 0. The molecule has 2 saturated heterocycles. The number of morpholine rings is 1. The summed E-state index contributed by atoms with van der Waals surface area (Å²) in [5.41, 5.74) is 0.486. The van der Waals surface area contributed by atoms with Gasteiger partial charge in [0.2, 0.25) is 0 Å². The molecule has 0 spiro atoms. The molecule has 0 bridgehead atoms. The Hall–Kier alpha value is -4.04. The molecule has 1 amide bonds. The van der Waals surface area contributed by atoms with Gasteiger partial charge in [0.15, 0.2) is 5.82 Å². The van der Waals surface area contributed by atoms with E-state index >= 15 is 8.78 Å². The molecule has 3 aromatic rings. The Kier molecular flexibility index (Phi) is 8.18. The lowest BCUT2D eigenvalue weighted by Crippen LogP contribution is -2.55. The van der Waals surface area contributed by atoms with Crippen LogP contribution in [0.2, 0.25) is 0 Å². The number of ether oxygens (including phenoxy) is 1. The third-order valence-corrected chi connectivity index (χ3v) is 8.11. The zero-order chi connectivity index (χ0) is 31.2. The molecule has 2 aliphatic heterocycles. The SMILES string of the molecule is C[C@@H]1CN(c2cc(F)c(-c3ccnc(N4CCOCC4)c3)c(F)c2-n2cc(C(N)=O)c(C(F)(F)F)cc2=O)C[C@H](C)N1C. The van der Waals surface area contributed by atoms with Crippen LogP contribution in [0.5, 0.6) is 0 Å². The molecule has 2 aliphatic rings. The number of alkyl halides is 3. The number of carbonyl (C=O) groups is 1. The molecule has 0 aliphatic carbocycles. The number of aromatic nitrogens is 2. The van der Waals surface area contributed by atoms with Crippen LogP contribution in [0, 0.1) is 11.6 Å². The summed E-state index contributed by atoms with van der Waals surface area (Å²) in [4.78, 5) is 35.3. The van der Waals surface area contributed by atoms with Crippen LogP contribution in [0.3, 0.4) is 0 Å². The monoisotopic (exact) mass is 606 g/mol. The third-order valence-electron chi connectivity index (χ3n) is 8.11. The molecule has 2 N–H and O–H groups in total. The van der Waals surface area contributed by atoms with Crippen molar-refractivity contribution in [3.8, 4) is 16.8 Å². The molecule has 230 valence electrons. The van der Waals surface area contributed by atoms with Gasteiger partial charge in [0.25, 0.3) is 11.5 Å². The average Bonchev–Trinajstić information content (AvgIpc) is 2.95. The molecule has 0 saturated carbocycles. The highest BCUT2D eigenvalue weighted by atomic mass is 19.4. The maximum Gasteiger partial charge on any atom is 0.417 e. The molecule has 0 unspecified atom stereocenters. The second kappa shape index (κ2) is 11.6. The van der Waals surface area contributed by atoms with E-state index in [1.807, 2.05) is 25.8 Å². The molecule has 9 nitrogen and oxygen atoms in total. The number of primary amides is 1. The number of benzene rings is 1. The summed E-state index contributed by atoms with van der Waals surface area (Å²) in [6.45, 7) is 6.39. The first-order chi connectivity index (χ1) is 20.3. The van der Waals surface area contributed by atoms with Crippen LogP contribution in [-0.2, 0) is 10.9 Å². The minimum atomic E-state index is -5.08. The van der Waals surface area contributed by atoms with Crippen molar-refractivity contribution in [3.05, 3.63) is 69.8 Å². The first kappa shape index (κ1) is 30.4. The normalized spacial score (nSPS) is 20.0. The number of halogens is 5. The van der Waals surface area contributed by atoms with Gasteiger partial charge < -0.3 is 20.3 Å². The highest BCUT2D eigenvalue weighted by Crippen LogP contribution is 2.39. The Morgan fingerprint density at radius 3 is 2.30 bits per heavy atom. The number of nitrogens with two attached hydrogens (primary N) is 1. The topological polar surface area (TPSA) is 96.9 Å². The minimum absolute atomic E-state index is 0.0507. The van der Waals surface area contributed by atoms with E-state index in [0.29, 0.717) is 56.0 Å². The van der Waals surface area contributed by atoms with Crippen molar-refractivity contribution in [1.82, 2.24) is 14.5 Å². The fraction of sp³-hybridized carbons (Fsp3) is 0.414. The highest BCUT2D eigenvalue weighted by Gasteiger charge is 2.37. The van der Waals surface area contributed by atoms with E-state index in [2.05, 4.69) is 9.88 Å². The van der Waals surface area contributed by atoms with Crippen molar-refractivity contribution in [1.29, 1.82) is 0 Å². The highest BCUT2D eigenvalue weighted by molar-refractivity contribution is 5.94. The maximum absolute atomic E-state index is 16.8. The van der Waals surface area contributed by atoms with Gasteiger partial charge in [-0.05, 0) is 38.6 Å². The number of hydrogen-bond acceptors (Lipinski definition) is 7. The molecule has 14 heteroatoms. The molecule has 1 aromatic carbocycles. The van der Waals surface area contributed by atoms with Gasteiger partial charge in [-0.25, -0.2) is 13.8 Å². The number of rotatable bonds is 5. The molecule has 2 aromatic heterocycles. The smallest absolute Gasteiger partial charge is 0.378 e. The lowest BCUT2D eigenvalue weighted by molar-refractivity contribution is -0.138. The standard InChI is InChI=1S/C29H31F5N6O3/c1-16-13-39(14-17(2)37(16)3)22-12-21(30)25(18-4-5-36-23(10-18)38-6-8-43-9-7-38)26(31)27(22)40-15-19(28(35)42)20(11-24(40)41)29(32,33)34/h4-5,10-12,15-17H,6-9,13-14H2,1-3H3,(H2,35,42)/t16-,17+. The van der Waals surface area contributed by atoms with Crippen LogP contribution in [0.4, 0.5) is 33.5 Å². The van der Waals surface area contributed by atoms with Gasteiger partial charge in [-0.15, -0.1) is 0 Å². The first-order valence-electron chi connectivity index (χ1n) is 13.7. The summed E-state index contributed by atoms with van der Waals surface area (Å²) in [6, 6.07) is 4.04. The van der Waals surface area contributed by atoms with E-state index in [9.17, 15) is 22.8 Å². The zero-order valence-electron chi connectivity index (χ0n) is 23.8. The van der Waals surface area contributed by atoms with E-state index in [1.165, 1.54) is 18.3 Å². The second-order valence-corrected chi connectivity index (χ2v) is 10.9. The third kappa shape index (κ3) is 5.80. The summed E-state index contributed by atoms with van der Waals surface area (Å²) >= 11 is 0. The van der Waals surface area contributed by atoms with E-state index < -0.39 is 51.7 Å². The van der Waals surface area contributed by atoms with Crippen LogP contribution in [0.1, 0.15) is 29.8 Å². The molecule has 0 radical (unpaired) electrons. The van der Waals surface area contributed by atoms with Crippen LogP contribution in [-0.4, -0.2) is 78.9 Å². The van der Waals surface area contributed by atoms with E-state index in [4.69, 9.17) is 10.5 Å². The molecule has 43 heavy (non-hydrogen) atoms. The molecular formula is C29H31F5N6O3. The van der Waals surface area contributed by atoms with Crippen molar-refractivity contribution in [2.75, 3.05) is 56.2 Å². The van der Waals surface area contributed by atoms with Gasteiger partial charge in [0, 0.05) is 62.8 Å². The first-order valence-corrected chi connectivity index (χ1v) is 13.7. The number of amides is 1. The van der Waals surface area contributed by atoms with Gasteiger partial charge in [0.05, 0.1) is 35.6 Å². The van der Waals surface area contributed by atoms with Crippen molar-refractivity contribution in [2.45, 2.75) is 32.1 Å². The number of carbonyl (C=O) groups excluding carboxylic acids is 1. The number of pyridine rings is 2. The van der Waals surface area contributed by atoms with Crippen molar-refractivity contribution in [3.63, 3.8) is 0 Å². The lowest BCUT2D eigenvalue weighted by atomic mass is 10.0. The van der Waals surface area contributed by atoms with Gasteiger partial charge in [-0.3, -0.25) is 19.1 Å². The van der Waals surface area contributed by atoms with Crippen LogP contribution in [0.25, 0.3) is 16.8 Å². The predicted octanol–water partition coefficient (Wildman–Crippen LogP) is 3.66. The Morgan fingerprint density at radius 2 is 1.70 bits per heavy atom. The van der Waals surface area contributed by atoms with E-state index in [1.54, 1.807) is 4.90 Å². The summed E-state index contributed by atoms with van der Waals surface area (Å²) in [7, 11) is 1.91. The number of hydrogen-bond donors (Lipinski definition) is 1. The summed E-state index contributed by atoms with van der Waals surface area (Å²) in [6.07, 6.45) is -3.11. The molecule has 2 fully saturated rings. The van der Waals surface area contributed by atoms with Gasteiger partial charge in [-0.1, -0.05) is 0 Å². The predicted molar refractivity (Wildman–Crippen MR) is 151 cm³/mol. The van der Waals surface area contributed by atoms with Gasteiger partial charge in [0.1, 0.15) is 17.3 Å². The van der Waals surface area contributed by atoms with E-state index in [0.717, 1.165) is 6.07 Å². The van der Waals surface area contributed by atoms with Crippen LogP contribution < -0.4 is 21.1 Å². The van der Waals surface area contributed by atoms with Crippen LogP contribution >= 0.6 is 0 Å². The fourth-order valence-corrected chi connectivity index (χ4v) is 5.61. The van der Waals surface area contributed by atoms with Crippen molar-refractivity contribution >= 4 is 17.4 Å². The Bertz CT molecular complexity index is 1590. The number of anilines is 2. The van der Waals surface area contributed by atoms with Gasteiger partial charge in [-0.2, -0.15) is 13.2 Å². The minimum Gasteiger partial charge on any atom is -0.378 e. The Morgan fingerprint density at radius 1 is 1.05 bits per heavy atom. The fourth-order valence-electron chi connectivity index (χ4n) is 5.61. The van der Waals surface area contributed by atoms with Crippen molar-refractivity contribution < 1.29 is 31.5 Å². The number of nitrogens with zero attached hydrogens (tertiary/aromatic N) is 5. The van der Waals surface area contributed by atoms with Gasteiger partial charge >= 0.3 is 6.18 Å². The number of likely N-dealkylation sites (N-methyl/N-ethyl adjacent to an activating group) is 1. The van der Waals surface area contributed by atoms with Crippen molar-refractivity contribution in [2.24, 2.45) is 5.73 Å². The quantitative estimate of drug-likeness (QED) is 0.443. The Balaban J connectivity index is 1.76. The van der Waals surface area contributed by atoms with E-state index in [-0.39, 0.29) is 29.4 Å². The molecule has 4 heterocycles. The molecule has 2 atom stereocenters. The molecular weight excluding hydrogens is 575 g/mol. The number of piperazine rings is 1. The molecule has 5 rings (SSSR count). The zero-order valence-corrected chi connectivity index (χ0v) is 23.8. The largest absolute Gasteiger partial charge is 0.417 e. The summed E-state index contributed by atoms with van der Waals surface area (Å²) in [5.74, 6) is -3.14. The second-order valence-electron chi connectivity index (χ2n) is 10.9. The summed E-state index contributed by atoms with van der Waals surface area (Å²) < 4.78 is 79.9. The lowest BCUT2D eigenvalue weighted by Gasteiger charge is -2.44. The Labute approximate surface area is 244 Å². The average molecular weight is 607 g/mol. The van der Waals surface area contributed by atoms with Crippen LogP contribution in [0.15, 0.2) is 41.5 Å².